The van der Waals surface area contributed by atoms with E-state index < -0.39 is 0 Å². The van der Waals surface area contributed by atoms with Crippen molar-refractivity contribution in [2.75, 3.05) is 26.2 Å². The zero-order valence-corrected chi connectivity index (χ0v) is 18.2. The standard InChI is InChI=1S/C25H33N3O3/c29-23(13-12-20-7-2-1-3-8-20)27-14-16-28(17-15-27)24(21-9-4-5-10-21)25(30)26-19-22-11-6-18-31-22/h1-3,6-8,11,18,21,24H,4-5,9-10,12-17,19H2,(H,26,30). The molecule has 1 saturated heterocycles. The molecule has 1 unspecified atom stereocenters. The van der Waals surface area contributed by atoms with E-state index in [1.54, 1.807) is 6.26 Å². The number of nitrogens with zero attached hydrogens (tertiary/aromatic N) is 2. The molecule has 2 heterocycles. The quantitative estimate of drug-likeness (QED) is 0.708. The van der Waals surface area contributed by atoms with Crippen LogP contribution in [-0.4, -0.2) is 53.8 Å². The van der Waals surface area contributed by atoms with Gasteiger partial charge in [-0.1, -0.05) is 43.2 Å². The van der Waals surface area contributed by atoms with E-state index in [0.717, 1.165) is 38.1 Å². The summed E-state index contributed by atoms with van der Waals surface area (Å²) in [6.45, 7) is 3.33. The van der Waals surface area contributed by atoms with E-state index in [-0.39, 0.29) is 17.9 Å². The highest BCUT2D eigenvalue weighted by Crippen LogP contribution is 2.31. The van der Waals surface area contributed by atoms with Gasteiger partial charge in [-0.15, -0.1) is 0 Å². The molecule has 2 amide bonds. The molecule has 1 aromatic heterocycles. The molecule has 1 atom stereocenters. The second kappa shape index (κ2) is 10.6. The summed E-state index contributed by atoms with van der Waals surface area (Å²) in [5.74, 6) is 1.47. The molecule has 1 N–H and O–H groups in total. The van der Waals surface area contributed by atoms with Crippen LogP contribution in [0.15, 0.2) is 53.1 Å². The lowest BCUT2D eigenvalue weighted by Gasteiger charge is -2.40. The van der Waals surface area contributed by atoms with Gasteiger partial charge in [0.05, 0.1) is 18.8 Å². The minimum atomic E-state index is -0.112. The van der Waals surface area contributed by atoms with Crippen LogP contribution in [0.4, 0.5) is 0 Å². The Morgan fingerprint density at radius 2 is 1.74 bits per heavy atom. The Hall–Kier alpha value is -2.60. The normalized spacial score (nSPS) is 18.8. The predicted octanol–water partition coefficient (Wildman–Crippen LogP) is 3.23. The second-order valence-corrected chi connectivity index (χ2v) is 8.69. The highest BCUT2D eigenvalue weighted by Gasteiger charge is 2.37. The smallest absolute Gasteiger partial charge is 0.238 e. The van der Waals surface area contributed by atoms with Crippen molar-refractivity contribution in [2.24, 2.45) is 5.92 Å². The van der Waals surface area contributed by atoms with Gasteiger partial charge in [0.25, 0.3) is 0 Å². The number of carbonyl (C=O) groups excluding carboxylic acids is 2. The van der Waals surface area contributed by atoms with Gasteiger partial charge < -0.3 is 14.6 Å². The average Bonchev–Trinajstić information content (AvgIpc) is 3.52. The van der Waals surface area contributed by atoms with Gasteiger partial charge >= 0.3 is 0 Å². The third kappa shape index (κ3) is 5.76. The zero-order chi connectivity index (χ0) is 21.5. The highest BCUT2D eigenvalue weighted by atomic mass is 16.3. The number of amides is 2. The van der Waals surface area contributed by atoms with Gasteiger partial charge in [0.2, 0.25) is 11.8 Å². The molecule has 6 nitrogen and oxygen atoms in total. The van der Waals surface area contributed by atoms with Crippen LogP contribution < -0.4 is 5.32 Å². The van der Waals surface area contributed by atoms with E-state index in [9.17, 15) is 9.59 Å². The highest BCUT2D eigenvalue weighted by molar-refractivity contribution is 5.82. The van der Waals surface area contributed by atoms with Crippen LogP contribution in [0, 0.1) is 5.92 Å². The van der Waals surface area contributed by atoms with Crippen LogP contribution in [0.25, 0.3) is 0 Å². The summed E-state index contributed by atoms with van der Waals surface area (Å²) in [5, 5.41) is 3.08. The lowest BCUT2D eigenvalue weighted by atomic mass is 9.95. The van der Waals surface area contributed by atoms with Crippen LogP contribution in [-0.2, 0) is 22.6 Å². The molecule has 31 heavy (non-hydrogen) atoms. The molecule has 2 fully saturated rings. The molecule has 0 bridgehead atoms. The number of benzene rings is 1. The first-order valence-corrected chi connectivity index (χ1v) is 11.6. The fraction of sp³-hybridized carbons (Fsp3) is 0.520. The maximum absolute atomic E-state index is 13.1. The van der Waals surface area contributed by atoms with Gasteiger partial charge in [-0.3, -0.25) is 14.5 Å². The van der Waals surface area contributed by atoms with E-state index in [1.165, 1.54) is 18.4 Å². The number of aryl methyl sites for hydroxylation is 1. The summed E-state index contributed by atoms with van der Waals surface area (Å²) >= 11 is 0. The number of carbonyl (C=O) groups is 2. The van der Waals surface area contributed by atoms with Gasteiger partial charge in [-0.2, -0.15) is 0 Å². The molecule has 1 aliphatic heterocycles. The van der Waals surface area contributed by atoms with Crippen molar-refractivity contribution in [3.63, 3.8) is 0 Å². The minimum absolute atomic E-state index is 0.0900. The molecule has 6 heteroatoms. The van der Waals surface area contributed by atoms with Crippen LogP contribution in [0.1, 0.15) is 43.4 Å². The van der Waals surface area contributed by atoms with Crippen LogP contribution in [0.5, 0.6) is 0 Å². The van der Waals surface area contributed by atoms with Gasteiger partial charge in [0, 0.05) is 32.6 Å². The summed E-state index contributed by atoms with van der Waals surface area (Å²) in [6.07, 6.45) is 7.56. The van der Waals surface area contributed by atoms with Gasteiger partial charge in [-0.25, -0.2) is 0 Å². The van der Waals surface area contributed by atoms with Crippen molar-refractivity contribution < 1.29 is 14.0 Å². The van der Waals surface area contributed by atoms with Crippen molar-refractivity contribution in [1.82, 2.24) is 15.1 Å². The lowest BCUT2D eigenvalue weighted by molar-refractivity contribution is -0.135. The fourth-order valence-electron chi connectivity index (χ4n) is 4.95. The van der Waals surface area contributed by atoms with Gasteiger partial charge in [-0.05, 0) is 42.9 Å². The Balaban J connectivity index is 1.30. The predicted molar refractivity (Wildman–Crippen MR) is 119 cm³/mol. The molecule has 0 spiro atoms. The second-order valence-electron chi connectivity index (χ2n) is 8.69. The number of rotatable bonds is 8. The Labute approximate surface area is 184 Å². The Morgan fingerprint density at radius 3 is 2.42 bits per heavy atom. The fourth-order valence-corrected chi connectivity index (χ4v) is 4.95. The first-order valence-electron chi connectivity index (χ1n) is 11.6. The molecule has 166 valence electrons. The number of hydrogen-bond donors (Lipinski definition) is 1. The first-order chi connectivity index (χ1) is 15.2. The zero-order valence-electron chi connectivity index (χ0n) is 18.2. The molecule has 4 rings (SSSR count). The van der Waals surface area contributed by atoms with Gasteiger partial charge in [0.15, 0.2) is 0 Å². The number of furan rings is 1. The van der Waals surface area contributed by atoms with E-state index in [0.29, 0.717) is 32.0 Å². The third-order valence-corrected chi connectivity index (χ3v) is 6.66. The maximum Gasteiger partial charge on any atom is 0.238 e. The Kier molecular flexibility index (Phi) is 7.41. The van der Waals surface area contributed by atoms with Crippen molar-refractivity contribution in [3.8, 4) is 0 Å². The van der Waals surface area contributed by atoms with Gasteiger partial charge in [0.1, 0.15) is 5.76 Å². The van der Waals surface area contributed by atoms with E-state index in [4.69, 9.17) is 4.42 Å². The van der Waals surface area contributed by atoms with E-state index >= 15 is 0 Å². The summed E-state index contributed by atoms with van der Waals surface area (Å²) in [7, 11) is 0. The van der Waals surface area contributed by atoms with Crippen molar-refractivity contribution in [1.29, 1.82) is 0 Å². The first kappa shape index (κ1) is 21.6. The lowest BCUT2D eigenvalue weighted by Crippen LogP contribution is -2.57. The number of nitrogens with one attached hydrogen (secondary N) is 1. The maximum atomic E-state index is 13.1. The number of piperazine rings is 1. The monoisotopic (exact) mass is 423 g/mol. The molecular weight excluding hydrogens is 390 g/mol. The molecule has 1 aromatic carbocycles. The molecule has 1 aliphatic carbocycles. The summed E-state index contributed by atoms with van der Waals surface area (Å²) in [5.41, 5.74) is 1.20. The van der Waals surface area contributed by atoms with Crippen molar-refractivity contribution in [3.05, 3.63) is 60.1 Å². The SMILES string of the molecule is O=C(NCc1ccco1)C(C1CCCC1)N1CCN(C(=O)CCc2ccccc2)CC1. The largest absolute Gasteiger partial charge is 0.467 e. The van der Waals surface area contributed by atoms with Crippen LogP contribution >= 0.6 is 0 Å². The summed E-state index contributed by atoms with van der Waals surface area (Å²) in [4.78, 5) is 30.1. The molecule has 0 radical (unpaired) electrons. The number of hydrogen-bond acceptors (Lipinski definition) is 4. The van der Waals surface area contributed by atoms with Crippen LogP contribution in [0.3, 0.4) is 0 Å². The Bertz CT molecular complexity index is 823. The molecule has 2 aromatic rings. The van der Waals surface area contributed by atoms with E-state index in [1.807, 2.05) is 35.2 Å². The van der Waals surface area contributed by atoms with Crippen LogP contribution in [0.2, 0.25) is 0 Å². The van der Waals surface area contributed by atoms with Crippen molar-refractivity contribution >= 4 is 11.8 Å². The molecule has 2 aliphatic rings. The third-order valence-electron chi connectivity index (χ3n) is 6.66. The molecular formula is C25H33N3O3. The topological polar surface area (TPSA) is 65.8 Å². The Morgan fingerprint density at radius 1 is 1.00 bits per heavy atom. The summed E-state index contributed by atoms with van der Waals surface area (Å²) < 4.78 is 5.36. The van der Waals surface area contributed by atoms with E-state index in [2.05, 4.69) is 22.3 Å². The minimum Gasteiger partial charge on any atom is -0.467 e. The molecule has 1 saturated carbocycles. The summed E-state index contributed by atoms with van der Waals surface area (Å²) in [6, 6.07) is 13.8. The van der Waals surface area contributed by atoms with Crippen molar-refractivity contribution in [2.45, 2.75) is 51.1 Å². The average molecular weight is 424 g/mol.